The monoisotopic (exact) mass is 640 g/mol. The van der Waals surface area contributed by atoms with Crippen molar-refractivity contribution in [2.75, 3.05) is 4.90 Å². The summed E-state index contributed by atoms with van der Waals surface area (Å²) in [6, 6.07) is 62.5. The first kappa shape index (κ1) is 26.9. The normalized spacial score (nSPS) is 12.4. The second-order valence-electron chi connectivity index (χ2n) is 12.9. The fraction of sp³-hybridized carbons (Fsp3) is 0. The summed E-state index contributed by atoms with van der Waals surface area (Å²) < 4.78 is 4.99. The fourth-order valence-electron chi connectivity index (χ4n) is 8.20. The molecule has 0 aliphatic carbocycles. The van der Waals surface area contributed by atoms with E-state index in [2.05, 4.69) is 179 Å². The Morgan fingerprint density at radius 1 is 0.367 bits per heavy atom. The van der Waals surface area contributed by atoms with Crippen LogP contribution in [-0.4, -0.2) is 4.57 Å². The first-order chi connectivity index (χ1) is 24.3. The molecule has 0 unspecified atom stereocenters. The van der Waals surface area contributed by atoms with Crippen molar-refractivity contribution in [3.63, 3.8) is 0 Å². The van der Waals surface area contributed by atoms with E-state index in [0.717, 1.165) is 0 Å². The quantitative estimate of drug-likeness (QED) is 0.183. The number of hydrogen-bond donors (Lipinski definition) is 0. The number of para-hydroxylation sites is 3. The molecule has 0 atom stereocenters. The van der Waals surface area contributed by atoms with Crippen molar-refractivity contribution in [3.8, 4) is 27.9 Å². The Kier molecular flexibility index (Phi) is 5.57. The summed E-state index contributed by atoms with van der Waals surface area (Å²) in [5.74, 6) is 0. The van der Waals surface area contributed by atoms with E-state index >= 15 is 0 Å². The summed E-state index contributed by atoms with van der Waals surface area (Å²) in [4.78, 5) is 2.48. The number of nitrogens with zero attached hydrogens (tertiary/aromatic N) is 2. The Labute approximate surface area is 287 Å². The molecule has 10 aromatic rings. The number of benzene rings is 8. The summed E-state index contributed by atoms with van der Waals surface area (Å²) in [6.45, 7) is 0. The minimum Gasteiger partial charge on any atom is -0.309 e. The Bertz CT molecular complexity index is 2910. The van der Waals surface area contributed by atoms with Gasteiger partial charge in [-0.2, -0.15) is 0 Å². The van der Waals surface area contributed by atoms with Gasteiger partial charge in [0.05, 0.1) is 22.4 Å². The highest BCUT2D eigenvalue weighted by Crippen LogP contribution is 2.53. The lowest BCUT2D eigenvalue weighted by Crippen LogP contribution is -2.10. The number of anilines is 3. The molecule has 0 amide bonds. The van der Waals surface area contributed by atoms with Gasteiger partial charge < -0.3 is 9.47 Å². The van der Waals surface area contributed by atoms with Crippen LogP contribution in [0.1, 0.15) is 0 Å². The molecule has 0 fully saturated rings. The molecule has 3 heterocycles. The van der Waals surface area contributed by atoms with Gasteiger partial charge in [-0.25, -0.2) is 0 Å². The SMILES string of the molecule is c1ccc2c(c1)-c1ccccc1N(c1ccc3c(c1)sc1cc(-n4c5ccccc5c5ccccc54)ccc13)c1ccc3ccccc3c1-2. The van der Waals surface area contributed by atoms with E-state index in [4.69, 9.17) is 0 Å². The average molecular weight is 641 g/mol. The van der Waals surface area contributed by atoms with Crippen LogP contribution >= 0.6 is 11.3 Å². The molecular weight excluding hydrogens is 613 g/mol. The number of thiophene rings is 1. The predicted molar refractivity (Wildman–Crippen MR) is 210 cm³/mol. The van der Waals surface area contributed by atoms with Crippen LogP contribution in [0.25, 0.3) is 80.7 Å². The Balaban J connectivity index is 1.13. The second-order valence-corrected chi connectivity index (χ2v) is 14.0. The van der Waals surface area contributed by atoms with Gasteiger partial charge in [0.15, 0.2) is 0 Å². The molecule has 1 aliphatic heterocycles. The largest absolute Gasteiger partial charge is 0.309 e. The molecular formula is C46H28N2S. The molecule has 11 rings (SSSR count). The Morgan fingerprint density at radius 2 is 0.939 bits per heavy atom. The number of aromatic nitrogens is 1. The molecule has 1 aliphatic rings. The van der Waals surface area contributed by atoms with Gasteiger partial charge in [0, 0.05) is 53.4 Å². The highest BCUT2D eigenvalue weighted by molar-refractivity contribution is 7.25. The van der Waals surface area contributed by atoms with Crippen LogP contribution in [0.4, 0.5) is 17.1 Å². The van der Waals surface area contributed by atoms with Crippen LogP contribution in [0.5, 0.6) is 0 Å². The highest BCUT2D eigenvalue weighted by atomic mass is 32.1. The highest BCUT2D eigenvalue weighted by Gasteiger charge is 2.27. The van der Waals surface area contributed by atoms with Gasteiger partial charge in [0.25, 0.3) is 0 Å². The maximum Gasteiger partial charge on any atom is 0.0546 e. The second kappa shape index (κ2) is 10.2. The summed E-state index contributed by atoms with van der Waals surface area (Å²) >= 11 is 1.88. The third kappa shape index (κ3) is 3.82. The van der Waals surface area contributed by atoms with Gasteiger partial charge >= 0.3 is 0 Å². The molecule has 0 spiro atoms. The molecule has 8 aromatic carbocycles. The molecule has 0 radical (unpaired) electrons. The Morgan fingerprint density at radius 3 is 1.69 bits per heavy atom. The predicted octanol–water partition coefficient (Wildman–Crippen LogP) is 13.4. The first-order valence-corrected chi connectivity index (χ1v) is 17.6. The van der Waals surface area contributed by atoms with E-state index in [-0.39, 0.29) is 0 Å². The van der Waals surface area contributed by atoms with Crippen LogP contribution in [0.2, 0.25) is 0 Å². The van der Waals surface area contributed by atoms with Crippen LogP contribution in [0.3, 0.4) is 0 Å². The molecule has 0 N–H and O–H groups in total. The Hall–Kier alpha value is -6.16. The lowest BCUT2D eigenvalue weighted by molar-refractivity contribution is 1.19. The minimum absolute atomic E-state index is 1.17. The van der Waals surface area contributed by atoms with Gasteiger partial charge in [-0.05, 0) is 70.4 Å². The summed E-state index contributed by atoms with van der Waals surface area (Å²) in [5.41, 5.74) is 12.3. The summed E-state index contributed by atoms with van der Waals surface area (Å²) in [7, 11) is 0. The van der Waals surface area contributed by atoms with Crippen molar-refractivity contribution in [1.29, 1.82) is 0 Å². The first-order valence-electron chi connectivity index (χ1n) is 16.8. The molecule has 228 valence electrons. The molecule has 0 saturated carbocycles. The zero-order valence-corrected chi connectivity index (χ0v) is 27.3. The average Bonchev–Trinajstić information content (AvgIpc) is 3.66. The van der Waals surface area contributed by atoms with Crippen molar-refractivity contribution in [2.45, 2.75) is 0 Å². The van der Waals surface area contributed by atoms with Gasteiger partial charge in [-0.15, -0.1) is 11.3 Å². The molecule has 3 heteroatoms. The topological polar surface area (TPSA) is 8.17 Å². The maximum atomic E-state index is 2.48. The van der Waals surface area contributed by atoms with E-state index in [1.165, 1.54) is 97.8 Å². The smallest absolute Gasteiger partial charge is 0.0546 e. The standard InChI is InChI=1S/C46H28N2S/c1-2-12-32-29(11-1)21-26-43-46(32)39-17-4-3-13-33(39)34-14-5-8-18-40(34)48(43)31-23-25-38-37-24-22-30(27-44(37)49-45(38)28-31)47-41-19-9-6-15-35(41)36-16-7-10-20-42(36)47/h1-28H. The van der Waals surface area contributed by atoms with Crippen LogP contribution in [0, 0.1) is 0 Å². The number of rotatable bonds is 2. The summed E-state index contributed by atoms with van der Waals surface area (Å²) in [6.07, 6.45) is 0. The number of fused-ring (bicyclic) bond motifs is 13. The van der Waals surface area contributed by atoms with Gasteiger partial charge in [-0.3, -0.25) is 0 Å². The molecule has 0 bridgehead atoms. The zero-order valence-electron chi connectivity index (χ0n) is 26.5. The maximum absolute atomic E-state index is 2.48. The molecule has 2 aromatic heterocycles. The van der Waals surface area contributed by atoms with Gasteiger partial charge in [0.1, 0.15) is 0 Å². The van der Waals surface area contributed by atoms with Crippen molar-refractivity contribution in [3.05, 3.63) is 170 Å². The van der Waals surface area contributed by atoms with Gasteiger partial charge in [-0.1, -0.05) is 121 Å². The van der Waals surface area contributed by atoms with Crippen molar-refractivity contribution in [1.82, 2.24) is 4.57 Å². The third-order valence-corrected chi connectivity index (χ3v) is 11.4. The van der Waals surface area contributed by atoms with E-state index in [0.29, 0.717) is 0 Å². The molecule has 49 heavy (non-hydrogen) atoms. The lowest BCUT2D eigenvalue weighted by atomic mass is 9.91. The summed E-state index contributed by atoms with van der Waals surface area (Å²) in [5, 5.41) is 7.68. The molecule has 2 nitrogen and oxygen atoms in total. The van der Waals surface area contributed by atoms with Crippen LogP contribution in [0.15, 0.2) is 170 Å². The van der Waals surface area contributed by atoms with Gasteiger partial charge in [0.2, 0.25) is 0 Å². The van der Waals surface area contributed by atoms with Crippen LogP contribution in [-0.2, 0) is 0 Å². The van der Waals surface area contributed by atoms with Crippen molar-refractivity contribution >= 4 is 81.1 Å². The zero-order chi connectivity index (χ0) is 32.1. The van der Waals surface area contributed by atoms with E-state index < -0.39 is 0 Å². The molecule has 0 saturated heterocycles. The van der Waals surface area contributed by atoms with E-state index in [1.54, 1.807) is 0 Å². The van der Waals surface area contributed by atoms with E-state index in [9.17, 15) is 0 Å². The minimum atomic E-state index is 1.17. The van der Waals surface area contributed by atoms with Crippen molar-refractivity contribution in [2.24, 2.45) is 0 Å². The fourth-order valence-corrected chi connectivity index (χ4v) is 9.38. The lowest BCUT2D eigenvalue weighted by Gasteiger charge is -2.28. The number of hydrogen-bond acceptors (Lipinski definition) is 2. The van der Waals surface area contributed by atoms with E-state index in [1.807, 2.05) is 11.3 Å². The van der Waals surface area contributed by atoms with Crippen LogP contribution < -0.4 is 4.90 Å². The van der Waals surface area contributed by atoms with Crippen molar-refractivity contribution < 1.29 is 0 Å². The third-order valence-electron chi connectivity index (χ3n) is 10.3.